The van der Waals surface area contributed by atoms with Gasteiger partial charge >= 0.3 is 0 Å². The third-order valence-electron chi connectivity index (χ3n) is 3.11. The molecule has 0 radical (unpaired) electrons. The summed E-state index contributed by atoms with van der Waals surface area (Å²) in [6.45, 7) is 0. The Bertz CT molecular complexity index is 111. The van der Waals surface area contributed by atoms with Crippen molar-refractivity contribution in [2.75, 3.05) is 7.05 Å². The van der Waals surface area contributed by atoms with Crippen molar-refractivity contribution < 1.29 is 0 Å². The summed E-state index contributed by atoms with van der Waals surface area (Å²) in [6.07, 6.45) is 5.99. The van der Waals surface area contributed by atoms with E-state index in [0.717, 1.165) is 17.9 Å². The molecule has 2 saturated carbocycles. The summed E-state index contributed by atoms with van der Waals surface area (Å²) in [7, 11) is 2.10. The van der Waals surface area contributed by atoms with Crippen LogP contribution >= 0.6 is 0 Å². The van der Waals surface area contributed by atoms with Crippen molar-refractivity contribution in [1.82, 2.24) is 5.32 Å². The van der Waals surface area contributed by atoms with E-state index in [9.17, 15) is 0 Å². The summed E-state index contributed by atoms with van der Waals surface area (Å²) in [5, 5.41) is 3.40. The van der Waals surface area contributed by atoms with Crippen molar-refractivity contribution in [3.63, 3.8) is 0 Å². The molecule has 2 rings (SSSR count). The summed E-state index contributed by atoms with van der Waals surface area (Å²) in [5.74, 6) is 2.13. The summed E-state index contributed by atoms with van der Waals surface area (Å²) < 4.78 is 0. The van der Waals surface area contributed by atoms with E-state index >= 15 is 0 Å². The van der Waals surface area contributed by atoms with Crippen LogP contribution in [-0.2, 0) is 0 Å². The third-order valence-corrected chi connectivity index (χ3v) is 3.11. The smallest absolute Gasteiger partial charge is 0.00950 e. The standard InChI is InChI=1S/C8H15N/c1-9-8-5-6-2-3-7(8)4-6/h6-9H,2-5H2,1H3/t6-,7?,8?/m1/s1. The summed E-state index contributed by atoms with van der Waals surface area (Å²) in [4.78, 5) is 0. The first kappa shape index (κ1) is 5.72. The van der Waals surface area contributed by atoms with Crippen molar-refractivity contribution >= 4 is 0 Å². The van der Waals surface area contributed by atoms with E-state index in [1.54, 1.807) is 0 Å². The Morgan fingerprint density at radius 3 is 2.44 bits per heavy atom. The van der Waals surface area contributed by atoms with E-state index in [1.165, 1.54) is 25.7 Å². The van der Waals surface area contributed by atoms with Gasteiger partial charge in [-0.3, -0.25) is 0 Å². The molecule has 0 amide bonds. The maximum absolute atomic E-state index is 3.40. The Labute approximate surface area is 56.8 Å². The van der Waals surface area contributed by atoms with E-state index < -0.39 is 0 Å². The number of rotatable bonds is 1. The van der Waals surface area contributed by atoms with Crippen molar-refractivity contribution in [2.24, 2.45) is 11.8 Å². The average Bonchev–Trinajstić information content (AvgIpc) is 2.45. The highest BCUT2D eigenvalue weighted by Crippen LogP contribution is 2.44. The second-order valence-electron chi connectivity index (χ2n) is 3.57. The molecular formula is C8H15N. The molecule has 0 saturated heterocycles. The van der Waals surface area contributed by atoms with E-state index in [2.05, 4.69) is 12.4 Å². The minimum atomic E-state index is 0.878. The molecule has 0 spiro atoms. The van der Waals surface area contributed by atoms with Gasteiger partial charge in [0.25, 0.3) is 0 Å². The lowest BCUT2D eigenvalue weighted by Gasteiger charge is -2.20. The van der Waals surface area contributed by atoms with Crippen LogP contribution in [0, 0.1) is 11.8 Å². The first-order valence-electron chi connectivity index (χ1n) is 4.07. The molecule has 1 nitrogen and oxygen atoms in total. The summed E-state index contributed by atoms with van der Waals surface area (Å²) in [6, 6.07) is 0.878. The predicted molar refractivity (Wildman–Crippen MR) is 38.3 cm³/mol. The van der Waals surface area contributed by atoms with Gasteiger partial charge in [-0.15, -0.1) is 0 Å². The van der Waals surface area contributed by atoms with E-state index in [0.29, 0.717) is 0 Å². The zero-order chi connectivity index (χ0) is 6.27. The van der Waals surface area contributed by atoms with Gasteiger partial charge in [-0.05, 0) is 38.1 Å². The molecule has 2 fully saturated rings. The zero-order valence-corrected chi connectivity index (χ0v) is 6.06. The molecule has 2 bridgehead atoms. The second-order valence-corrected chi connectivity index (χ2v) is 3.57. The van der Waals surface area contributed by atoms with Gasteiger partial charge in [-0.2, -0.15) is 0 Å². The molecule has 0 heterocycles. The SMILES string of the molecule is CNC1C[C@@H]2CCC1C2. The van der Waals surface area contributed by atoms with Gasteiger partial charge in [-0.1, -0.05) is 6.42 Å². The van der Waals surface area contributed by atoms with Gasteiger partial charge in [0.05, 0.1) is 0 Å². The fourth-order valence-corrected chi connectivity index (χ4v) is 2.60. The van der Waals surface area contributed by atoms with Crippen LogP contribution in [0.1, 0.15) is 25.7 Å². The van der Waals surface area contributed by atoms with Crippen LogP contribution in [0.25, 0.3) is 0 Å². The molecule has 3 atom stereocenters. The number of hydrogen-bond acceptors (Lipinski definition) is 1. The molecule has 1 N–H and O–H groups in total. The van der Waals surface area contributed by atoms with Gasteiger partial charge in [0.15, 0.2) is 0 Å². The topological polar surface area (TPSA) is 12.0 Å². The fourth-order valence-electron chi connectivity index (χ4n) is 2.60. The third kappa shape index (κ3) is 0.787. The van der Waals surface area contributed by atoms with Crippen LogP contribution in [0.4, 0.5) is 0 Å². The van der Waals surface area contributed by atoms with Crippen molar-refractivity contribution in [3.05, 3.63) is 0 Å². The largest absolute Gasteiger partial charge is 0.317 e. The number of nitrogens with one attached hydrogen (secondary N) is 1. The van der Waals surface area contributed by atoms with Gasteiger partial charge in [0, 0.05) is 6.04 Å². The van der Waals surface area contributed by atoms with Crippen LogP contribution in [-0.4, -0.2) is 13.1 Å². The number of fused-ring (bicyclic) bond motifs is 2. The molecule has 9 heavy (non-hydrogen) atoms. The van der Waals surface area contributed by atoms with Crippen molar-refractivity contribution in [1.29, 1.82) is 0 Å². The maximum Gasteiger partial charge on any atom is 0.00950 e. The molecule has 0 aromatic rings. The van der Waals surface area contributed by atoms with E-state index in [-0.39, 0.29) is 0 Å². The fraction of sp³-hybridized carbons (Fsp3) is 1.00. The van der Waals surface area contributed by atoms with Gasteiger partial charge in [-0.25, -0.2) is 0 Å². The van der Waals surface area contributed by atoms with Crippen molar-refractivity contribution in [3.8, 4) is 0 Å². The Balaban J connectivity index is 2.01. The Hall–Kier alpha value is -0.0400. The lowest BCUT2D eigenvalue weighted by molar-refractivity contribution is 0.372. The zero-order valence-electron chi connectivity index (χ0n) is 6.06. The van der Waals surface area contributed by atoms with E-state index in [1.807, 2.05) is 0 Å². The van der Waals surface area contributed by atoms with Crippen LogP contribution in [0.3, 0.4) is 0 Å². The highest BCUT2D eigenvalue weighted by atomic mass is 14.9. The van der Waals surface area contributed by atoms with Gasteiger partial charge in [0.2, 0.25) is 0 Å². The Kier molecular flexibility index (Phi) is 1.26. The van der Waals surface area contributed by atoms with Crippen LogP contribution in [0.2, 0.25) is 0 Å². The predicted octanol–water partition coefficient (Wildman–Crippen LogP) is 1.39. The quantitative estimate of drug-likeness (QED) is 0.558. The number of hydrogen-bond donors (Lipinski definition) is 1. The Morgan fingerprint density at radius 2 is 2.11 bits per heavy atom. The highest BCUT2D eigenvalue weighted by molar-refractivity contribution is 4.93. The normalized spacial score (nSPS) is 48.3. The maximum atomic E-state index is 3.40. The monoisotopic (exact) mass is 125 g/mol. The molecule has 1 heteroatoms. The molecular weight excluding hydrogens is 110 g/mol. The molecule has 0 aliphatic heterocycles. The van der Waals surface area contributed by atoms with Crippen LogP contribution in [0.5, 0.6) is 0 Å². The average molecular weight is 125 g/mol. The lowest BCUT2D eigenvalue weighted by atomic mass is 9.96. The first-order chi connectivity index (χ1) is 4.40. The molecule has 2 aliphatic carbocycles. The summed E-state index contributed by atoms with van der Waals surface area (Å²) >= 11 is 0. The molecule has 2 aliphatic rings. The lowest BCUT2D eigenvalue weighted by Crippen LogP contribution is -2.30. The van der Waals surface area contributed by atoms with Crippen LogP contribution < -0.4 is 5.32 Å². The Morgan fingerprint density at radius 1 is 1.22 bits per heavy atom. The molecule has 2 unspecified atom stereocenters. The summed E-state index contributed by atoms with van der Waals surface area (Å²) in [5.41, 5.74) is 0. The van der Waals surface area contributed by atoms with Crippen molar-refractivity contribution in [2.45, 2.75) is 31.7 Å². The van der Waals surface area contributed by atoms with Gasteiger partial charge < -0.3 is 5.32 Å². The van der Waals surface area contributed by atoms with Gasteiger partial charge in [0.1, 0.15) is 0 Å². The first-order valence-corrected chi connectivity index (χ1v) is 4.07. The molecule has 52 valence electrons. The van der Waals surface area contributed by atoms with Crippen LogP contribution in [0.15, 0.2) is 0 Å². The van der Waals surface area contributed by atoms with E-state index in [4.69, 9.17) is 0 Å². The minimum absolute atomic E-state index is 0.878. The minimum Gasteiger partial charge on any atom is -0.317 e. The molecule has 0 aromatic heterocycles. The second kappa shape index (κ2) is 1.98. The molecule has 0 aromatic carbocycles. The highest BCUT2D eigenvalue weighted by Gasteiger charge is 2.38.